The van der Waals surface area contributed by atoms with E-state index in [0.717, 1.165) is 22.3 Å². The first-order chi connectivity index (χ1) is 16.3. The number of alkyl carbamates (subject to hydrolysis) is 1. The van der Waals surface area contributed by atoms with E-state index in [4.69, 9.17) is 4.74 Å². The number of nitrogens with one attached hydrogen (secondary N) is 1. The third-order valence-corrected chi connectivity index (χ3v) is 6.41. The summed E-state index contributed by atoms with van der Waals surface area (Å²) < 4.78 is 5.60. The SMILES string of the molecule is CSCC[C@@H](NC(=O)OCC1c2ccccc2-c2ccccc21)C(=O)N(CC(=O)O)CC(C)C. The van der Waals surface area contributed by atoms with Crippen LogP contribution < -0.4 is 5.32 Å². The number of hydrogen-bond acceptors (Lipinski definition) is 5. The smallest absolute Gasteiger partial charge is 0.407 e. The summed E-state index contributed by atoms with van der Waals surface area (Å²) in [7, 11) is 0. The van der Waals surface area contributed by atoms with Gasteiger partial charge in [0.25, 0.3) is 0 Å². The molecule has 1 aliphatic rings. The molecule has 0 saturated carbocycles. The van der Waals surface area contributed by atoms with E-state index in [1.165, 1.54) is 4.90 Å². The topological polar surface area (TPSA) is 95.9 Å². The van der Waals surface area contributed by atoms with Gasteiger partial charge in [-0.3, -0.25) is 9.59 Å². The summed E-state index contributed by atoms with van der Waals surface area (Å²) in [4.78, 5) is 38.5. The second-order valence-electron chi connectivity index (χ2n) is 8.81. The lowest BCUT2D eigenvalue weighted by molar-refractivity contribution is -0.145. The third-order valence-electron chi connectivity index (χ3n) is 5.77. The van der Waals surface area contributed by atoms with Crippen molar-refractivity contribution in [1.29, 1.82) is 0 Å². The highest BCUT2D eigenvalue weighted by Crippen LogP contribution is 2.44. The molecule has 0 aromatic heterocycles. The van der Waals surface area contributed by atoms with Crippen molar-refractivity contribution in [2.75, 3.05) is 31.7 Å². The number of rotatable bonds is 11. The van der Waals surface area contributed by atoms with Gasteiger partial charge in [-0.15, -0.1) is 0 Å². The molecule has 1 atom stereocenters. The van der Waals surface area contributed by atoms with Gasteiger partial charge in [-0.1, -0.05) is 62.4 Å². The number of ether oxygens (including phenoxy) is 1. The summed E-state index contributed by atoms with van der Waals surface area (Å²) in [6, 6.07) is 15.3. The van der Waals surface area contributed by atoms with Crippen LogP contribution in [0.2, 0.25) is 0 Å². The zero-order chi connectivity index (χ0) is 24.7. The maximum absolute atomic E-state index is 13.1. The first-order valence-electron chi connectivity index (χ1n) is 11.4. The Balaban J connectivity index is 1.69. The number of carbonyl (C=O) groups excluding carboxylic acids is 2. The van der Waals surface area contributed by atoms with E-state index in [1.807, 2.05) is 56.5 Å². The highest BCUT2D eigenvalue weighted by Gasteiger charge is 2.31. The van der Waals surface area contributed by atoms with E-state index in [-0.39, 0.29) is 18.4 Å². The van der Waals surface area contributed by atoms with Crippen LogP contribution in [-0.2, 0) is 14.3 Å². The van der Waals surface area contributed by atoms with Crippen molar-refractivity contribution >= 4 is 29.7 Å². The van der Waals surface area contributed by atoms with Gasteiger partial charge in [-0.05, 0) is 46.6 Å². The van der Waals surface area contributed by atoms with Crippen molar-refractivity contribution in [3.8, 4) is 11.1 Å². The van der Waals surface area contributed by atoms with E-state index in [1.54, 1.807) is 11.8 Å². The monoisotopic (exact) mass is 484 g/mol. The maximum Gasteiger partial charge on any atom is 0.407 e. The van der Waals surface area contributed by atoms with Crippen LogP contribution in [0, 0.1) is 5.92 Å². The number of fused-ring (bicyclic) bond motifs is 3. The predicted molar refractivity (Wildman–Crippen MR) is 134 cm³/mol. The van der Waals surface area contributed by atoms with Crippen LogP contribution in [0.5, 0.6) is 0 Å². The van der Waals surface area contributed by atoms with E-state index in [2.05, 4.69) is 17.4 Å². The predicted octanol–water partition coefficient (Wildman–Crippen LogP) is 4.22. The van der Waals surface area contributed by atoms with Crippen molar-refractivity contribution in [2.24, 2.45) is 5.92 Å². The Morgan fingerprint density at radius 2 is 1.65 bits per heavy atom. The lowest BCUT2D eigenvalue weighted by Gasteiger charge is -2.28. The van der Waals surface area contributed by atoms with E-state index < -0.39 is 30.6 Å². The molecular weight excluding hydrogens is 452 g/mol. The average molecular weight is 485 g/mol. The van der Waals surface area contributed by atoms with Gasteiger partial charge in [0.15, 0.2) is 0 Å². The summed E-state index contributed by atoms with van der Waals surface area (Å²) in [5, 5.41) is 11.9. The average Bonchev–Trinajstić information content (AvgIpc) is 3.12. The number of amides is 2. The van der Waals surface area contributed by atoms with Crippen LogP contribution in [0.15, 0.2) is 48.5 Å². The second-order valence-corrected chi connectivity index (χ2v) is 9.80. The molecule has 182 valence electrons. The minimum atomic E-state index is -1.08. The summed E-state index contributed by atoms with van der Waals surface area (Å²) in [5.41, 5.74) is 4.49. The lowest BCUT2D eigenvalue weighted by atomic mass is 9.98. The standard InChI is InChI=1S/C26H32N2O5S/c1-17(2)14-28(15-24(29)30)25(31)23(12-13-34-3)27-26(32)33-16-22-20-10-6-4-8-18(20)19-9-5-7-11-21(19)22/h4-11,17,22-23H,12-16H2,1-3H3,(H,27,32)(H,29,30)/t23-/m1/s1. The fourth-order valence-corrected chi connectivity index (χ4v) is 4.80. The summed E-state index contributed by atoms with van der Waals surface area (Å²) in [6.07, 6.45) is 1.62. The molecule has 34 heavy (non-hydrogen) atoms. The molecule has 3 rings (SSSR count). The highest BCUT2D eigenvalue weighted by molar-refractivity contribution is 7.98. The molecule has 0 radical (unpaired) electrons. The quantitative estimate of drug-likeness (QED) is 0.496. The summed E-state index contributed by atoms with van der Waals surface area (Å²) in [5.74, 6) is -0.831. The minimum Gasteiger partial charge on any atom is -0.480 e. The zero-order valence-corrected chi connectivity index (χ0v) is 20.6. The number of carbonyl (C=O) groups is 3. The molecule has 7 nitrogen and oxygen atoms in total. The highest BCUT2D eigenvalue weighted by atomic mass is 32.2. The van der Waals surface area contributed by atoms with E-state index in [0.29, 0.717) is 18.7 Å². The van der Waals surface area contributed by atoms with Gasteiger partial charge in [0.1, 0.15) is 19.2 Å². The molecule has 0 saturated heterocycles. The molecule has 0 spiro atoms. The number of carboxylic acids is 1. The van der Waals surface area contributed by atoms with Crippen LogP contribution in [0.1, 0.15) is 37.3 Å². The Morgan fingerprint density at radius 1 is 1.06 bits per heavy atom. The van der Waals surface area contributed by atoms with E-state index in [9.17, 15) is 19.5 Å². The van der Waals surface area contributed by atoms with Gasteiger partial charge >= 0.3 is 12.1 Å². The lowest BCUT2D eigenvalue weighted by Crippen LogP contribution is -2.51. The molecule has 2 amide bonds. The van der Waals surface area contributed by atoms with Crippen molar-refractivity contribution in [3.05, 3.63) is 59.7 Å². The molecule has 0 unspecified atom stereocenters. The molecule has 0 fully saturated rings. The Labute approximate surface area is 204 Å². The summed E-state index contributed by atoms with van der Waals surface area (Å²) in [6.45, 7) is 3.87. The molecule has 0 heterocycles. The number of nitrogens with zero attached hydrogens (tertiary/aromatic N) is 1. The Hall–Kier alpha value is -3.00. The Kier molecular flexibility index (Phi) is 8.98. The van der Waals surface area contributed by atoms with Gasteiger partial charge in [0, 0.05) is 12.5 Å². The molecule has 2 aromatic carbocycles. The Morgan fingerprint density at radius 3 is 2.18 bits per heavy atom. The van der Waals surface area contributed by atoms with Gasteiger partial charge in [0.05, 0.1) is 0 Å². The Bertz CT molecular complexity index is 980. The molecule has 8 heteroatoms. The van der Waals surface area contributed by atoms with Gasteiger partial charge in [-0.25, -0.2) is 4.79 Å². The maximum atomic E-state index is 13.1. The minimum absolute atomic E-state index is 0.0806. The van der Waals surface area contributed by atoms with Crippen molar-refractivity contribution in [1.82, 2.24) is 10.2 Å². The number of carboxylic acid groups (broad SMARTS) is 1. The van der Waals surface area contributed by atoms with Crippen LogP contribution in [0.3, 0.4) is 0 Å². The number of hydrogen-bond donors (Lipinski definition) is 2. The van der Waals surface area contributed by atoms with Gasteiger partial charge in [-0.2, -0.15) is 11.8 Å². The first-order valence-corrected chi connectivity index (χ1v) is 12.8. The largest absolute Gasteiger partial charge is 0.480 e. The molecule has 2 aromatic rings. The van der Waals surface area contributed by atoms with Gasteiger partial charge < -0.3 is 20.1 Å². The first kappa shape index (κ1) is 25.6. The normalized spacial score (nSPS) is 13.2. The zero-order valence-electron chi connectivity index (χ0n) is 19.8. The molecular formula is C26H32N2O5S. The molecule has 1 aliphatic carbocycles. The van der Waals surface area contributed by atoms with Crippen LogP contribution in [0.25, 0.3) is 11.1 Å². The molecule has 0 aliphatic heterocycles. The van der Waals surface area contributed by atoms with Crippen molar-refractivity contribution < 1.29 is 24.2 Å². The molecule has 0 bridgehead atoms. The second kappa shape index (κ2) is 11.9. The molecule has 2 N–H and O–H groups in total. The number of thioether (sulfide) groups is 1. The number of benzene rings is 2. The van der Waals surface area contributed by atoms with Crippen LogP contribution >= 0.6 is 11.8 Å². The van der Waals surface area contributed by atoms with Gasteiger partial charge in [0.2, 0.25) is 5.91 Å². The third kappa shape index (κ3) is 6.32. The van der Waals surface area contributed by atoms with E-state index >= 15 is 0 Å². The van der Waals surface area contributed by atoms with Crippen molar-refractivity contribution in [3.63, 3.8) is 0 Å². The van der Waals surface area contributed by atoms with Crippen LogP contribution in [0.4, 0.5) is 4.79 Å². The van der Waals surface area contributed by atoms with Crippen molar-refractivity contribution in [2.45, 2.75) is 32.2 Å². The van der Waals surface area contributed by atoms with Crippen LogP contribution in [-0.4, -0.2) is 65.7 Å². The summed E-state index contributed by atoms with van der Waals surface area (Å²) >= 11 is 1.55. The fraction of sp³-hybridized carbons (Fsp3) is 0.423. The number of aliphatic carboxylic acids is 1. The fourth-order valence-electron chi connectivity index (χ4n) is 4.33.